The van der Waals surface area contributed by atoms with Crippen LogP contribution >= 0.6 is 0 Å². The van der Waals surface area contributed by atoms with Crippen molar-refractivity contribution in [3.05, 3.63) is 59.7 Å². The molecule has 1 aliphatic rings. The van der Waals surface area contributed by atoms with Crippen LogP contribution in [-0.2, 0) is 21.2 Å². The SMILES string of the molecule is COCCN(CCCc1ccccc1)C(=O)c1ccc(OC)c(S(=O)(=O)N2CCCCC2C)c1. The van der Waals surface area contributed by atoms with Crippen molar-refractivity contribution < 1.29 is 22.7 Å². The van der Waals surface area contributed by atoms with Crippen LogP contribution in [0.4, 0.5) is 0 Å². The Kier molecular flexibility index (Phi) is 9.50. The van der Waals surface area contributed by atoms with Gasteiger partial charge in [-0.1, -0.05) is 36.8 Å². The summed E-state index contributed by atoms with van der Waals surface area (Å²) in [5.74, 6) is 0.0396. The van der Waals surface area contributed by atoms with E-state index in [1.807, 2.05) is 25.1 Å². The molecule has 186 valence electrons. The predicted molar refractivity (Wildman–Crippen MR) is 133 cm³/mol. The Hall–Kier alpha value is -2.42. The smallest absolute Gasteiger partial charge is 0.253 e. The first-order chi connectivity index (χ1) is 16.4. The molecule has 0 bridgehead atoms. The number of sulfonamides is 1. The van der Waals surface area contributed by atoms with Gasteiger partial charge < -0.3 is 14.4 Å². The zero-order valence-electron chi connectivity index (χ0n) is 20.4. The molecule has 2 aromatic rings. The van der Waals surface area contributed by atoms with Gasteiger partial charge in [0.1, 0.15) is 10.6 Å². The molecule has 0 N–H and O–H groups in total. The van der Waals surface area contributed by atoms with Gasteiger partial charge in [0.15, 0.2) is 0 Å². The number of hydrogen-bond acceptors (Lipinski definition) is 5. The van der Waals surface area contributed by atoms with Crippen LogP contribution in [0, 0.1) is 0 Å². The third-order valence-corrected chi connectivity index (χ3v) is 8.36. The molecule has 0 aliphatic carbocycles. The van der Waals surface area contributed by atoms with Crippen LogP contribution in [0.3, 0.4) is 0 Å². The summed E-state index contributed by atoms with van der Waals surface area (Å²) in [5, 5.41) is 0. The molecule has 2 aromatic carbocycles. The van der Waals surface area contributed by atoms with E-state index in [0.717, 1.165) is 32.1 Å². The van der Waals surface area contributed by atoms with E-state index in [1.165, 1.54) is 23.0 Å². The van der Waals surface area contributed by atoms with Gasteiger partial charge in [0.2, 0.25) is 10.0 Å². The fourth-order valence-corrected chi connectivity index (χ4v) is 6.27. The van der Waals surface area contributed by atoms with Gasteiger partial charge in [-0.2, -0.15) is 4.31 Å². The molecule has 1 unspecified atom stereocenters. The third kappa shape index (κ3) is 6.37. The van der Waals surface area contributed by atoms with Gasteiger partial charge in [0, 0.05) is 38.3 Å². The van der Waals surface area contributed by atoms with E-state index in [9.17, 15) is 13.2 Å². The van der Waals surface area contributed by atoms with Gasteiger partial charge in [-0.3, -0.25) is 4.79 Å². The van der Waals surface area contributed by atoms with Crippen LogP contribution in [-0.4, -0.2) is 70.0 Å². The van der Waals surface area contributed by atoms with E-state index in [-0.39, 0.29) is 22.6 Å². The summed E-state index contributed by atoms with van der Waals surface area (Å²) in [4.78, 5) is 15.2. The molecule has 1 atom stereocenters. The Morgan fingerprint density at radius 3 is 2.53 bits per heavy atom. The molecule has 0 spiro atoms. The molecule has 1 fully saturated rings. The van der Waals surface area contributed by atoms with Crippen molar-refractivity contribution in [2.24, 2.45) is 0 Å². The first-order valence-electron chi connectivity index (χ1n) is 11.9. The zero-order chi connectivity index (χ0) is 24.6. The Bertz CT molecular complexity index is 1040. The largest absolute Gasteiger partial charge is 0.495 e. The lowest BCUT2D eigenvalue weighted by molar-refractivity contribution is 0.0693. The molecular weight excluding hydrogens is 452 g/mol. The number of hydrogen-bond donors (Lipinski definition) is 0. The summed E-state index contributed by atoms with van der Waals surface area (Å²) >= 11 is 0. The van der Waals surface area contributed by atoms with Gasteiger partial charge >= 0.3 is 0 Å². The first kappa shape index (κ1) is 26.2. The molecule has 1 amide bonds. The van der Waals surface area contributed by atoms with Gasteiger partial charge in [-0.25, -0.2) is 8.42 Å². The monoisotopic (exact) mass is 488 g/mol. The summed E-state index contributed by atoms with van der Waals surface area (Å²) in [6.45, 7) is 3.79. The highest BCUT2D eigenvalue weighted by molar-refractivity contribution is 7.89. The minimum atomic E-state index is -3.79. The molecule has 7 nitrogen and oxygen atoms in total. The summed E-state index contributed by atoms with van der Waals surface area (Å²) in [7, 11) is -0.743. The van der Waals surface area contributed by atoms with Crippen molar-refractivity contribution in [3.63, 3.8) is 0 Å². The molecule has 0 saturated carbocycles. The second kappa shape index (κ2) is 12.3. The topological polar surface area (TPSA) is 76.1 Å². The van der Waals surface area contributed by atoms with Crippen molar-refractivity contribution in [1.29, 1.82) is 0 Å². The van der Waals surface area contributed by atoms with Gasteiger partial charge in [0.05, 0.1) is 13.7 Å². The quantitative estimate of drug-likeness (QED) is 0.478. The summed E-state index contributed by atoms with van der Waals surface area (Å²) < 4.78 is 39.2. The molecule has 0 aromatic heterocycles. The Labute approximate surface area is 203 Å². The number of nitrogens with zero attached hydrogens (tertiary/aromatic N) is 2. The predicted octanol–water partition coefficient (Wildman–Crippen LogP) is 3.98. The highest BCUT2D eigenvalue weighted by Gasteiger charge is 2.34. The van der Waals surface area contributed by atoms with E-state index < -0.39 is 10.0 Å². The van der Waals surface area contributed by atoms with Crippen molar-refractivity contribution in [3.8, 4) is 5.75 Å². The number of methoxy groups -OCH3 is 2. The van der Waals surface area contributed by atoms with Crippen LogP contribution in [0.5, 0.6) is 5.75 Å². The molecule has 0 radical (unpaired) electrons. The zero-order valence-corrected chi connectivity index (χ0v) is 21.2. The number of amides is 1. The van der Waals surface area contributed by atoms with E-state index in [1.54, 1.807) is 24.1 Å². The lowest BCUT2D eigenvalue weighted by atomic mass is 10.1. The molecule has 1 saturated heterocycles. The molecule has 3 rings (SSSR count). The Morgan fingerprint density at radius 1 is 1.09 bits per heavy atom. The average Bonchev–Trinajstić information content (AvgIpc) is 2.86. The maximum atomic E-state index is 13.5. The van der Waals surface area contributed by atoms with Gasteiger partial charge in [0.25, 0.3) is 5.91 Å². The Balaban J connectivity index is 1.83. The van der Waals surface area contributed by atoms with E-state index in [0.29, 0.717) is 31.8 Å². The molecule has 34 heavy (non-hydrogen) atoms. The minimum Gasteiger partial charge on any atom is -0.495 e. The summed E-state index contributed by atoms with van der Waals surface area (Å²) in [6.07, 6.45) is 4.32. The number of carbonyl (C=O) groups is 1. The summed E-state index contributed by atoms with van der Waals surface area (Å²) in [5.41, 5.74) is 1.55. The molecule has 1 heterocycles. The average molecular weight is 489 g/mol. The van der Waals surface area contributed by atoms with E-state index in [2.05, 4.69) is 12.1 Å². The number of ether oxygens (including phenoxy) is 2. The normalized spacial score (nSPS) is 16.9. The number of benzene rings is 2. The number of carbonyl (C=O) groups excluding carboxylic acids is 1. The highest BCUT2D eigenvalue weighted by Crippen LogP contribution is 2.32. The van der Waals surface area contributed by atoms with Crippen molar-refractivity contribution >= 4 is 15.9 Å². The van der Waals surface area contributed by atoms with Crippen LogP contribution in [0.25, 0.3) is 0 Å². The standard InChI is InChI=1S/C26H36N2O5S/c1-21-10-7-8-17-28(21)34(30,31)25-20-23(14-15-24(25)33-3)26(29)27(18-19-32-2)16-9-13-22-11-5-4-6-12-22/h4-6,11-12,14-15,20-21H,7-10,13,16-19H2,1-3H3. The van der Waals surface area contributed by atoms with Crippen molar-refractivity contribution in [2.45, 2.75) is 50.0 Å². The number of piperidine rings is 1. The third-order valence-electron chi connectivity index (χ3n) is 6.33. The van der Waals surface area contributed by atoms with Crippen LogP contribution in [0.2, 0.25) is 0 Å². The fourth-order valence-electron chi connectivity index (χ4n) is 4.38. The maximum absolute atomic E-state index is 13.5. The lowest BCUT2D eigenvalue weighted by Gasteiger charge is -2.32. The second-order valence-corrected chi connectivity index (χ2v) is 10.6. The van der Waals surface area contributed by atoms with Gasteiger partial charge in [-0.05, 0) is 56.4 Å². The van der Waals surface area contributed by atoms with Crippen LogP contribution in [0.15, 0.2) is 53.4 Å². The van der Waals surface area contributed by atoms with Crippen molar-refractivity contribution in [1.82, 2.24) is 9.21 Å². The van der Waals surface area contributed by atoms with Crippen LogP contribution < -0.4 is 4.74 Å². The van der Waals surface area contributed by atoms with Crippen LogP contribution in [0.1, 0.15) is 48.5 Å². The summed E-state index contributed by atoms with van der Waals surface area (Å²) in [6, 6.07) is 14.7. The first-order valence-corrected chi connectivity index (χ1v) is 13.3. The number of aryl methyl sites for hydroxylation is 1. The molecule has 8 heteroatoms. The minimum absolute atomic E-state index is 0.0468. The molecular formula is C26H36N2O5S. The van der Waals surface area contributed by atoms with E-state index in [4.69, 9.17) is 9.47 Å². The van der Waals surface area contributed by atoms with E-state index >= 15 is 0 Å². The maximum Gasteiger partial charge on any atom is 0.253 e. The Morgan fingerprint density at radius 2 is 1.85 bits per heavy atom. The lowest BCUT2D eigenvalue weighted by Crippen LogP contribution is -2.42. The number of rotatable bonds is 11. The van der Waals surface area contributed by atoms with Crippen molar-refractivity contribution in [2.75, 3.05) is 40.5 Å². The van der Waals surface area contributed by atoms with Gasteiger partial charge in [-0.15, -0.1) is 0 Å². The second-order valence-electron chi connectivity index (χ2n) is 8.70. The fraction of sp³-hybridized carbons (Fsp3) is 0.500. The highest BCUT2D eigenvalue weighted by atomic mass is 32.2. The molecule has 1 aliphatic heterocycles.